The van der Waals surface area contributed by atoms with Gasteiger partial charge in [-0.3, -0.25) is 9.69 Å². The van der Waals surface area contributed by atoms with E-state index in [0.29, 0.717) is 15.6 Å². The van der Waals surface area contributed by atoms with Crippen molar-refractivity contribution in [2.24, 2.45) is 13.0 Å². The Morgan fingerprint density at radius 3 is 2.52 bits per heavy atom. The SMILES string of the molecule is CN1CC2CCC1(C(NC(=O)c1ccc(Cl)cc1Cl)c1cccc(-c3ccn(C)c3)c1)CC2. The van der Waals surface area contributed by atoms with Crippen LogP contribution in [0.1, 0.15) is 47.6 Å². The molecule has 33 heavy (non-hydrogen) atoms. The molecule has 1 saturated carbocycles. The van der Waals surface area contributed by atoms with E-state index in [2.05, 4.69) is 64.6 Å². The molecule has 3 fully saturated rings. The maximum Gasteiger partial charge on any atom is 0.253 e. The number of nitrogens with one attached hydrogen (secondary N) is 1. The van der Waals surface area contributed by atoms with Gasteiger partial charge >= 0.3 is 0 Å². The largest absolute Gasteiger partial charge is 0.357 e. The van der Waals surface area contributed by atoms with Crippen LogP contribution in [-0.2, 0) is 7.05 Å². The Labute approximate surface area is 205 Å². The number of halogens is 2. The number of aryl methyl sites for hydroxylation is 1. The van der Waals surface area contributed by atoms with Crippen LogP contribution in [0.3, 0.4) is 0 Å². The van der Waals surface area contributed by atoms with Gasteiger partial charge in [0.05, 0.1) is 16.6 Å². The molecule has 3 aliphatic rings. The Morgan fingerprint density at radius 2 is 1.85 bits per heavy atom. The number of hydrogen-bond acceptors (Lipinski definition) is 2. The summed E-state index contributed by atoms with van der Waals surface area (Å²) in [6, 6.07) is 15.6. The minimum Gasteiger partial charge on any atom is -0.357 e. The van der Waals surface area contributed by atoms with Crippen molar-refractivity contribution in [2.45, 2.75) is 37.3 Å². The summed E-state index contributed by atoms with van der Waals surface area (Å²) >= 11 is 12.5. The molecule has 4 nitrogen and oxygen atoms in total. The first-order valence-electron chi connectivity index (χ1n) is 11.6. The molecule has 2 aliphatic heterocycles. The van der Waals surface area contributed by atoms with Crippen molar-refractivity contribution in [1.29, 1.82) is 0 Å². The van der Waals surface area contributed by atoms with Crippen LogP contribution in [0.5, 0.6) is 0 Å². The Hall–Kier alpha value is -2.27. The number of benzene rings is 2. The zero-order valence-electron chi connectivity index (χ0n) is 19.0. The van der Waals surface area contributed by atoms with E-state index in [4.69, 9.17) is 23.2 Å². The number of fused-ring (bicyclic) bond motifs is 3. The van der Waals surface area contributed by atoms with Crippen LogP contribution >= 0.6 is 23.2 Å². The average molecular weight is 482 g/mol. The lowest BCUT2D eigenvalue weighted by Crippen LogP contribution is -2.62. The fourth-order valence-electron chi connectivity index (χ4n) is 5.80. The molecule has 6 heteroatoms. The summed E-state index contributed by atoms with van der Waals surface area (Å²) < 4.78 is 2.05. The molecule has 1 N–H and O–H groups in total. The molecule has 1 aromatic heterocycles. The van der Waals surface area contributed by atoms with Gasteiger partial charge in [-0.1, -0.05) is 41.4 Å². The second-order valence-corrected chi connectivity index (χ2v) is 10.5. The first kappa shape index (κ1) is 22.5. The number of rotatable bonds is 5. The quantitative estimate of drug-likeness (QED) is 0.461. The normalized spacial score (nSPS) is 23.5. The highest BCUT2D eigenvalue weighted by molar-refractivity contribution is 6.36. The highest BCUT2D eigenvalue weighted by Gasteiger charge is 2.50. The van der Waals surface area contributed by atoms with Crippen LogP contribution in [0.25, 0.3) is 11.1 Å². The topological polar surface area (TPSA) is 37.3 Å². The number of nitrogens with zero attached hydrogens (tertiary/aromatic N) is 2. The van der Waals surface area contributed by atoms with Crippen LogP contribution in [0.4, 0.5) is 0 Å². The van der Waals surface area contributed by atoms with Gasteiger partial charge in [-0.25, -0.2) is 0 Å². The first-order chi connectivity index (χ1) is 15.9. The first-order valence-corrected chi connectivity index (χ1v) is 12.3. The molecule has 3 heterocycles. The zero-order chi connectivity index (χ0) is 23.2. The molecule has 2 saturated heterocycles. The molecule has 2 bridgehead atoms. The van der Waals surface area contributed by atoms with Gasteiger partial charge in [0.2, 0.25) is 0 Å². The molecule has 1 amide bonds. The second kappa shape index (κ2) is 8.83. The third kappa shape index (κ3) is 4.21. The van der Waals surface area contributed by atoms with E-state index >= 15 is 0 Å². The number of hydrogen-bond donors (Lipinski definition) is 1. The third-order valence-corrected chi connectivity index (χ3v) is 8.18. The molecule has 3 aromatic rings. The summed E-state index contributed by atoms with van der Waals surface area (Å²) in [4.78, 5) is 16.0. The van der Waals surface area contributed by atoms with Gasteiger partial charge in [-0.2, -0.15) is 0 Å². The van der Waals surface area contributed by atoms with Crippen LogP contribution in [0.2, 0.25) is 10.0 Å². The molecule has 1 aliphatic carbocycles. The Balaban J connectivity index is 1.55. The fraction of sp³-hybridized carbons (Fsp3) is 0.370. The summed E-state index contributed by atoms with van der Waals surface area (Å²) in [5.41, 5.74) is 3.79. The van der Waals surface area contributed by atoms with E-state index in [-0.39, 0.29) is 17.5 Å². The molecular weight excluding hydrogens is 453 g/mol. The second-order valence-electron chi connectivity index (χ2n) is 9.65. The van der Waals surface area contributed by atoms with Crippen molar-refractivity contribution < 1.29 is 4.79 Å². The van der Waals surface area contributed by atoms with Crippen molar-refractivity contribution >= 4 is 29.1 Å². The molecule has 1 atom stereocenters. The zero-order valence-corrected chi connectivity index (χ0v) is 20.5. The number of likely N-dealkylation sites (N-methyl/N-ethyl adjacent to an activating group) is 1. The van der Waals surface area contributed by atoms with Gasteiger partial charge in [-0.15, -0.1) is 0 Å². The molecule has 0 spiro atoms. The van der Waals surface area contributed by atoms with Crippen molar-refractivity contribution in [2.75, 3.05) is 13.6 Å². The van der Waals surface area contributed by atoms with Crippen LogP contribution in [0, 0.1) is 5.92 Å². The van der Waals surface area contributed by atoms with Crippen LogP contribution in [0.15, 0.2) is 60.9 Å². The minimum absolute atomic E-state index is 0.112. The van der Waals surface area contributed by atoms with Gasteiger partial charge < -0.3 is 9.88 Å². The number of aromatic nitrogens is 1. The van der Waals surface area contributed by atoms with Crippen molar-refractivity contribution in [1.82, 2.24) is 14.8 Å². The highest BCUT2D eigenvalue weighted by Crippen LogP contribution is 2.49. The number of piperidine rings is 2. The van der Waals surface area contributed by atoms with E-state index in [0.717, 1.165) is 36.4 Å². The summed E-state index contributed by atoms with van der Waals surface area (Å²) in [5, 5.41) is 4.29. The molecular formula is C27H29Cl2N3O. The molecule has 2 aromatic carbocycles. The number of carbonyl (C=O) groups excluding carboxylic acids is 1. The summed E-state index contributed by atoms with van der Waals surface area (Å²) in [6.07, 6.45) is 8.73. The van der Waals surface area contributed by atoms with Crippen molar-refractivity contribution in [3.05, 3.63) is 82.1 Å². The summed E-state index contributed by atoms with van der Waals surface area (Å²) in [7, 11) is 4.24. The number of carbonyl (C=O) groups is 1. The van der Waals surface area contributed by atoms with Crippen LogP contribution < -0.4 is 5.32 Å². The molecule has 172 valence electrons. The Kier molecular flexibility index (Phi) is 6.02. The lowest BCUT2D eigenvalue weighted by Gasteiger charge is -2.57. The van der Waals surface area contributed by atoms with E-state index in [1.165, 1.54) is 18.4 Å². The maximum atomic E-state index is 13.5. The standard InChI is InChI=1S/C27H29Cl2N3O/c1-31-13-10-21(17-31)19-4-3-5-20(14-19)25(27-11-8-18(9-12-27)16-32(27)2)30-26(33)23-7-6-22(28)15-24(23)29/h3-7,10,13-15,17-18,25H,8-9,11-12,16H2,1-2H3,(H,30,33). The smallest absolute Gasteiger partial charge is 0.253 e. The lowest BCUT2D eigenvalue weighted by molar-refractivity contribution is -0.0404. The summed E-state index contributed by atoms with van der Waals surface area (Å²) in [6.45, 7) is 1.08. The van der Waals surface area contributed by atoms with E-state index in [9.17, 15) is 4.79 Å². The fourth-order valence-corrected chi connectivity index (χ4v) is 6.30. The van der Waals surface area contributed by atoms with Gasteiger partial charge in [0.15, 0.2) is 0 Å². The lowest BCUT2D eigenvalue weighted by atomic mass is 9.65. The van der Waals surface area contributed by atoms with Gasteiger partial charge in [0.1, 0.15) is 0 Å². The molecule has 0 radical (unpaired) electrons. The average Bonchev–Trinajstić information content (AvgIpc) is 3.24. The Morgan fingerprint density at radius 1 is 1.06 bits per heavy atom. The predicted molar refractivity (Wildman–Crippen MR) is 135 cm³/mol. The van der Waals surface area contributed by atoms with Gasteiger partial charge in [0.25, 0.3) is 5.91 Å². The summed E-state index contributed by atoms with van der Waals surface area (Å²) in [5.74, 6) is 0.594. The van der Waals surface area contributed by atoms with Crippen LogP contribution in [-0.4, -0.2) is 34.5 Å². The molecule has 1 unspecified atom stereocenters. The van der Waals surface area contributed by atoms with Gasteiger partial charge in [0, 0.05) is 36.5 Å². The Bertz CT molecular complexity index is 1180. The monoisotopic (exact) mass is 481 g/mol. The minimum atomic E-state index is -0.165. The van der Waals surface area contributed by atoms with E-state index < -0.39 is 0 Å². The maximum absolute atomic E-state index is 13.5. The third-order valence-electron chi connectivity index (χ3n) is 7.64. The molecule has 6 rings (SSSR count). The predicted octanol–water partition coefficient (Wildman–Crippen LogP) is 6.34. The van der Waals surface area contributed by atoms with E-state index in [1.54, 1.807) is 18.2 Å². The van der Waals surface area contributed by atoms with Gasteiger partial charge in [-0.05, 0) is 85.7 Å². The highest BCUT2D eigenvalue weighted by atomic mass is 35.5. The van der Waals surface area contributed by atoms with E-state index in [1.807, 2.05) is 7.05 Å². The van der Waals surface area contributed by atoms with Crippen molar-refractivity contribution in [3.8, 4) is 11.1 Å². The number of amides is 1. The van der Waals surface area contributed by atoms with Crippen molar-refractivity contribution in [3.63, 3.8) is 0 Å².